The van der Waals surface area contributed by atoms with Crippen molar-refractivity contribution in [3.05, 3.63) is 0 Å². The van der Waals surface area contributed by atoms with Gasteiger partial charge in [0.15, 0.2) is 5.96 Å². The molecule has 1 saturated carbocycles. The molecule has 0 radical (unpaired) electrons. The molecule has 0 spiro atoms. The molecule has 2 aliphatic rings. The Morgan fingerprint density at radius 2 is 2.05 bits per heavy atom. The van der Waals surface area contributed by atoms with Gasteiger partial charge in [-0.1, -0.05) is 12.8 Å². The van der Waals surface area contributed by atoms with Crippen LogP contribution >= 0.6 is 24.0 Å². The lowest BCUT2D eigenvalue weighted by Crippen LogP contribution is -2.43. The summed E-state index contributed by atoms with van der Waals surface area (Å²) in [5.41, 5.74) is 0. The number of nitrogens with zero attached hydrogens (tertiary/aromatic N) is 1. The Hall–Kier alpha value is -0.530. The van der Waals surface area contributed by atoms with Gasteiger partial charge in [0.25, 0.3) is 0 Å². The molecule has 19 heavy (non-hydrogen) atoms. The van der Waals surface area contributed by atoms with Crippen molar-refractivity contribution in [1.29, 1.82) is 0 Å². The van der Waals surface area contributed by atoms with Crippen LogP contribution in [-0.2, 0) is 4.79 Å². The molecular formula is C13H25IN4O. The van der Waals surface area contributed by atoms with Gasteiger partial charge >= 0.3 is 0 Å². The molecule has 3 N–H and O–H groups in total. The summed E-state index contributed by atoms with van der Waals surface area (Å²) in [6.45, 7) is 3.29. The van der Waals surface area contributed by atoms with Crippen molar-refractivity contribution in [2.75, 3.05) is 26.2 Å². The van der Waals surface area contributed by atoms with Crippen LogP contribution in [0.25, 0.3) is 0 Å². The van der Waals surface area contributed by atoms with Crippen LogP contribution < -0.4 is 16.0 Å². The van der Waals surface area contributed by atoms with Gasteiger partial charge in [0, 0.05) is 32.6 Å². The van der Waals surface area contributed by atoms with Gasteiger partial charge < -0.3 is 16.0 Å². The van der Waals surface area contributed by atoms with Gasteiger partial charge in [-0.25, -0.2) is 0 Å². The van der Waals surface area contributed by atoms with Crippen molar-refractivity contribution in [2.24, 2.45) is 10.9 Å². The number of carbonyl (C=O) groups is 1. The number of halogens is 1. The highest BCUT2D eigenvalue weighted by Crippen LogP contribution is 2.27. The fourth-order valence-corrected chi connectivity index (χ4v) is 2.58. The molecule has 0 bridgehead atoms. The van der Waals surface area contributed by atoms with Gasteiger partial charge in [-0.05, 0) is 25.2 Å². The zero-order valence-electron chi connectivity index (χ0n) is 11.4. The highest BCUT2D eigenvalue weighted by atomic mass is 127. The summed E-state index contributed by atoms with van der Waals surface area (Å²) in [4.78, 5) is 16.0. The van der Waals surface area contributed by atoms with E-state index in [1.807, 2.05) is 0 Å². The molecule has 1 heterocycles. The lowest BCUT2D eigenvalue weighted by atomic mass is 10.0. The number of nitrogens with one attached hydrogen (secondary N) is 3. The average Bonchev–Trinajstić information content (AvgIpc) is 2.89. The predicted octanol–water partition coefficient (Wildman–Crippen LogP) is 1.24. The minimum Gasteiger partial charge on any atom is -0.356 e. The van der Waals surface area contributed by atoms with E-state index >= 15 is 0 Å². The second-order valence-electron chi connectivity index (χ2n) is 5.14. The largest absolute Gasteiger partial charge is 0.356 e. The summed E-state index contributed by atoms with van der Waals surface area (Å²) < 4.78 is 0. The Kier molecular flexibility index (Phi) is 8.16. The highest BCUT2D eigenvalue weighted by molar-refractivity contribution is 14.0. The smallest absolute Gasteiger partial charge is 0.220 e. The molecule has 1 aliphatic heterocycles. The first-order valence-electron chi connectivity index (χ1n) is 7.13. The van der Waals surface area contributed by atoms with E-state index in [1.165, 1.54) is 25.7 Å². The third kappa shape index (κ3) is 6.44. The Labute approximate surface area is 132 Å². The third-order valence-electron chi connectivity index (χ3n) is 3.59. The van der Waals surface area contributed by atoms with Crippen molar-refractivity contribution < 1.29 is 4.79 Å². The second kappa shape index (κ2) is 9.39. The van der Waals surface area contributed by atoms with E-state index in [4.69, 9.17) is 0 Å². The van der Waals surface area contributed by atoms with Gasteiger partial charge in [-0.2, -0.15) is 0 Å². The van der Waals surface area contributed by atoms with Gasteiger partial charge in [0.1, 0.15) is 0 Å². The predicted molar refractivity (Wildman–Crippen MR) is 87.9 cm³/mol. The van der Waals surface area contributed by atoms with E-state index in [0.29, 0.717) is 18.9 Å². The number of aliphatic imine (C=N–C) groups is 1. The van der Waals surface area contributed by atoms with E-state index in [1.54, 1.807) is 0 Å². The van der Waals surface area contributed by atoms with E-state index in [9.17, 15) is 4.79 Å². The van der Waals surface area contributed by atoms with Crippen molar-refractivity contribution >= 4 is 35.8 Å². The molecule has 110 valence electrons. The summed E-state index contributed by atoms with van der Waals surface area (Å²) in [7, 11) is 0. The molecule has 5 nitrogen and oxygen atoms in total. The summed E-state index contributed by atoms with van der Waals surface area (Å²) in [6.07, 6.45) is 6.86. The molecule has 0 saturated heterocycles. The molecule has 0 aromatic rings. The van der Waals surface area contributed by atoms with Gasteiger partial charge in [0.05, 0.1) is 0 Å². The third-order valence-corrected chi connectivity index (χ3v) is 3.59. The molecule has 1 aliphatic carbocycles. The van der Waals surface area contributed by atoms with Crippen LogP contribution in [0.15, 0.2) is 4.99 Å². The zero-order valence-corrected chi connectivity index (χ0v) is 13.7. The number of guanidine groups is 1. The molecule has 6 heteroatoms. The number of amides is 1. The normalized spacial score (nSPS) is 19.1. The maximum atomic E-state index is 11.7. The Bertz CT molecular complexity index is 303. The number of carbonyl (C=O) groups excluding carboxylic acids is 1. The maximum Gasteiger partial charge on any atom is 0.220 e. The zero-order chi connectivity index (χ0) is 12.6. The summed E-state index contributed by atoms with van der Waals surface area (Å²) >= 11 is 0. The molecule has 0 unspecified atom stereocenters. The first-order chi connectivity index (χ1) is 8.84. The van der Waals surface area contributed by atoms with E-state index in [-0.39, 0.29) is 29.9 Å². The molecule has 0 aromatic carbocycles. The first-order valence-corrected chi connectivity index (χ1v) is 7.13. The second-order valence-corrected chi connectivity index (χ2v) is 5.14. The number of hydrogen-bond donors (Lipinski definition) is 3. The van der Waals surface area contributed by atoms with Crippen LogP contribution in [-0.4, -0.2) is 38.0 Å². The van der Waals surface area contributed by atoms with Crippen LogP contribution in [0, 0.1) is 5.92 Å². The minimum atomic E-state index is 0. The van der Waals surface area contributed by atoms with Gasteiger partial charge in [-0.15, -0.1) is 24.0 Å². The minimum absolute atomic E-state index is 0. The van der Waals surface area contributed by atoms with Gasteiger partial charge in [0.2, 0.25) is 5.91 Å². The van der Waals surface area contributed by atoms with Crippen molar-refractivity contribution in [3.8, 4) is 0 Å². The Balaban J connectivity index is 0.00000180. The quantitative estimate of drug-likeness (QED) is 0.497. The van der Waals surface area contributed by atoms with E-state index in [0.717, 1.165) is 32.0 Å². The SMILES string of the molecule is I.O=C(CC1CCCC1)NCCNC1=NCCCN1. The van der Waals surface area contributed by atoms with Crippen LogP contribution in [0.1, 0.15) is 38.5 Å². The fraction of sp³-hybridized carbons (Fsp3) is 0.846. The summed E-state index contributed by atoms with van der Waals surface area (Å²) in [6, 6.07) is 0. The topological polar surface area (TPSA) is 65.5 Å². The molecular weight excluding hydrogens is 355 g/mol. The van der Waals surface area contributed by atoms with Crippen LogP contribution in [0.3, 0.4) is 0 Å². The number of hydrogen-bond acceptors (Lipinski definition) is 4. The van der Waals surface area contributed by atoms with Gasteiger partial charge in [-0.3, -0.25) is 9.79 Å². The number of rotatable bonds is 5. The Morgan fingerprint density at radius 1 is 1.26 bits per heavy atom. The lowest BCUT2D eigenvalue weighted by molar-refractivity contribution is -0.121. The standard InChI is InChI=1S/C13H24N4O.HI/c18-12(10-11-4-1-2-5-11)14-8-9-17-13-15-6-3-7-16-13;/h11H,1-10H2,(H,14,18)(H2,15,16,17);1H. The summed E-state index contributed by atoms with van der Waals surface area (Å²) in [5.74, 6) is 1.69. The first kappa shape index (κ1) is 16.5. The van der Waals surface area contributed by atoms with Crippen molar-refractivity contribution in [3.63, 3.8) is 0 Å². The molecule has 0 aromatic heterocycles. The van der Waals surface area contributed by atoms with Crippen LogP contribution in [0.2, 0.25) is 0 Å². The Morgan fingerprint density at radius 3 is 2.74 bits per heavy atom. The van der Waals surface area contributed by atoms with E-state index < -0.39 is 0 Å². The van der Waals surface area contributed by atoms with Crippen LogP contribution in [0.4, 0.5) is 0 Å². The summed E-state index contributed by atoms with van der Waals surface area (Å²) in [5, 5.41) is 9.35. The lowest BCUT2D eigenvalue weighted by Gasteiger charge is -2.16. The maximum absolute atomic E-state index is 11.7. The fourth-order valence-electron chi connectivity index (χ4n) is 2.58. The molecule has 1 amide bonds. The monoisotopic (exact) mass is 380 g/mol. The van der Waals surface area contributed by atoms with E-state index in [2.05, 4.69) is 20.9 Å². The molecule has 2 rings (SSSR count). The van der Waals surface area contributed by atoms with Crippen molar-refractivity contribution in [2.45, 2.75) is 38.5 Å². The molecule has 1 fully saturated rings. The molecule has 0 atom stereocenters. The average molecular weight is 380 g/mol. The van der Waals surface area contributed by atoms with Crippen molar-refractivity contribution in [1.82, 2.24) is 16.0 Å². The van der Waals surface area contributed by atoms with Crippen LogP contribution in [0.5, 0.6) is 0 Å². The highest BCUT2D eigenvalue weighted by Gasteiger charge is 2.17.